The molecule has 0 radical (unpaired) electrons. The van der Waals surface area contributed by atoms with E-state index in [1.807, 2.05) is 0 Å². The summed E-state index contributed by atoms with van der Waals surface area (Å²) in [6, 6.07) is 0. The summed E-state index contributed by atoms with van der Waals surface area (Å²) in [5, 5.41) is 0. The van der Waals surface area contributed by atoms with Crippen molar-refractivity contribution in [1.29, 1.82) is 0 Å². The number of rotatable bonds is 0. The molecule has 0 fully saturated rings. The molecule has 24 nitrogen and oxygen atoms in total. The van der Waals surface area contributed by atoms with Gasteiger partial charge in [-0.15, -0.1) is 0 Å². The quantitative estimate of drug-likeness (QED) is 0.203. The third-order valence-corrected chi connectivity index (χ3v) is 0. The summed E-state index contributed by atoms with van der Waals surface area (Å²) in [5.74, 6) is 0. The summed E-state index contributed by atoms with van der Waals surface area (Å²) in [6.45, 7) is 0. The molecule has 0 aromatic carbocycles. The Hall–Kier alpha value is 8.40. The van der Waals surface area contributed by atoms with E-state index < -0.39 is 46.9 Å². The summed E-state index contributed by atoms with van der Waals surface area (Å²) in [7, 11) is -32.3. The van der Waals surface area contributed by atoms with Crippen molar-refractivity contribution >= 4 is 225 Å². The molecule has 0 saturated heterocycles. The van der Waals surface area contributed by atoms with E-state index in [9.17, 15) is 0 Å². The molecule has 48 heteroatoms. The Morgan fingerprint density at radius 2 is 0.146 bits per heavy atom. The second-order valence-electron chi connectivity index (χ2n) is 2.68. The number of hydrogen-bond donors (Lipinski definition) is 0. The van der Waals surface area contributed by atoms with Gasteiger partial charge in [0.15, 0.2) is 0 Å². The lowest BCUT2D eigenvalue weighted by Crippen LogP contribution is -2.24. The van der Waals surface area contributed by atoms with Crippen LogP contribution >= 0.6 is 225 Å². The lowest BCUT2D eigenvalue weighted by Gasteiger charge is -2.36. The van der Waals surface area contributed by atoms with Gasteiger partial charge >= 0.3 is 0 Å². The first-order chi connectivity index (χ1) is 12.0. The number of hydrogen-bond acceptors (Lipinski definition) is 24. The van der Waals surface area contributed by atoms with Crippen LogP contribution in [0.4, 0.5) is 0 Å². The second kappa shape index (κ2) is 83.2. The van der Waals surface area contributed by atoms with E-state index in [0.717, 1.165) is 0 Å². The molecule has 0 aliphatic rings. The fourth-order valence-electron chi connectivity index (χ4n) is 0. The predicted molar refractivity (Wildman–Crippen MR) is 271 cm³/mol. The van der Waals surface area contributed by atoms with Gasteiger partial charge in [-0.2, -0.15) is 46.9 Å². The zero-order valence-electron chi connectivity index (χ0n) is 30.5. The van der Waals surface area contributed by atoms with Gasteiger partial charge < -0.3 is 115 Å². The molecule has 18 atom stereocenters. The van der Waals surface area contributed by atoms with Crippen LogP contribution in [-0.4, -0.2) is 0 Å². The maximum atomic E-state index is 8.55. The normalized spacial score (nSPS) is 7.38. The molecular formula is H72O24P24. The Morgan fingerprint density at radius 3 is 0.146 bits per heavy atom. The Bertz CT molecular complexity index is 480. The third-order valence-electron chi connectivity index (χ3n) is 0. The molecule has 18 unspecified atom stereocenters. The lowest BCUT2D eigenvalue weighted by molar-refractivity contribution is -0.434. The molecule has 0 N–H and O–H groups in total. The SMILES string of the molecule is O=P([O-])([O-])[O-].O=P([O-])([O-])[O-].O=P([O-])([O-])[O-].O=P([O-])([O-])[O-].O=P([O-])([O-])[O-].O=P([O-])([O-])[O-].[PH4+].[PH4+].[PH4+].[PH4+].[PH4+].[PH4+].[PH4+].[PH4+].[PH4+].[PH4+].[PH4+].[PH4+].[PH4+].[PH4+].[PH4+].[PH4+].[PH4+].[PH4+]. The van der Waals surface area contributed by atoms with E-state index in [2.05, 4.69) is 0 Å². The molecule has 48 heavy (non-hydrogen) atoms. The van der Waals surface area contributed by atoms with E-state index in [1.54, 1.807) is 0 Å². The highest BCUT2D eigenvalue weighted by Gasteiger charge is 1.46. The van der Waals surface area contributed by atoms with Crippen LogP contribution in [0.3, 0.4) is 0 Å². The van der Waals surface area contributed by atoms with Crippen LogP contribution in [0.5, 0.6) is 0 Å². The van der Waals surface area contributed by atoms with Gasteiger partial charge in [-0.1, -0.05) is 0 Å². The van der Waals surface area contributed by atoms with E-state index in [4.69, 9.17) is 115 Å². The van der Waals surface area contributed by atoms with E-state index >= 15 is 0 Å². The smallest absolute Gasteiger partial charge is 0.0395 e. The lowest BCUT2D eigenvalue weighted by atomic mass is 15.8. The highest BCUT2D eigenvalue weighted by molar-refractivity contribution is 7.41. The largest absolute Gasteiger partial charge is 0.822 e. The van der Waals surface area contributed by atoms with Gasteiger partial charge in [0, 0.05) is 0 Å². The van der Waals surface area contributed by atoms with E-state index in [-0.39, 0.29) is 178 Å². The first-order valence-corrected chi connectivity index (χ1v) is 13.1. The summed E-state index contributed by atoms with van der Waals surface area (Å²) in [5.41, 5.74) is 0. The van der Waals surface area contributed by atoms with Gasteiger partial charge in [0.05, 0.1) is 0 Å². The molecule has 0 aliphatic carbocycles. The summed E-state index contributed by atoms with van der Waals surface area (Å²) >= 11 is 0. The molecule has 0 bridgehead atoms. The first-order valence-electron chi connectivity index (χ1n) is 4.38. The van der Waals surface area contributed by atoms with Crippen molar-refractivity contribution in [3.05, 3.63) is 0 Å². The Morgan fingerprint density at radius 1 is 0.146 bits per heavy atom. The average molecular weight is 1200 g/mol. The Labute approximate surface area is 339 Å². The van der Waals surface area contributed by atoms with E-state index in [0.29, 0.717) is 0 Å². The van der Waals surface area contributed by atoms with Crippen molar-refractivity contribution < 1.29 is 115 Å². The Balaban J connectivity index is -0.00000000609. The molecule has 0 saturated carbocycles. The van der Waals surface area contributed by atoms with Crippen LogP contribution in [0, 0.1) is 0 Å². The zero-order chi connectivity index (χ0) is 27.0. The van der Waals surface area contributed by atoms with Crippen molar-refractivity contribution in [1.82, 2.24) is 0 Å². The van der Waals surface area contributed by atoms with Gasteiger partial charge in [-0.3, -0.25) is 0 Å². The van der Waals surface area contributed by atoms with Gasteiger partial charge in [0.2, 0.25) is 0 Å². The molecular weight excluding hydrogens is 1130 g/mol. The molecule has 0 heterocycles. The van der Waals surface area contributed by atoms with Crippen LogP contribution in [0.15, 0.2) is 0 Å². The van der Waals surface area contributed by atoms with Crippen LogP contribution in [0.2, 0.25) is 0 Å². The van der Waals surface area contributed by atoms with Crippen LogP contribution in [-0.2, 0) is 27.4 Å². The fourth-order valence-corrected chi connectivity index (χ4v) is 0. The maximum absolute atomic E-state index is 8.55. The summed E-state index contributed by atoms with van der Waals surface area (Å²) in [4.78, 5) is 154. The van der Waals surface area contributed by atoms with Crippen LogP contribution < -0.4 is 88.1 Å². The fraction of sp³-hybridized carbons (Fsp3) is 0. The van der Waals surface area contributed by atoms with Crippen LogP contribution in [0.25, 0.3) is 0 Å². The monoisotopic (exact) mass is 1200 g/mol. The molecule has 0 aromatic heterocycles. The van der Waals surface area contributed by atoms with Crippen molar-refractivity contribution in [2.75, 3.05) is 0 Å². The molecule has 0 aromatic rings. The topological polar surface area (TPSA) is 518 Å². The van der Waals surface area contributed by atoms with Gasteiger partial charge in [0.1, 0.15) is 0 Å². The van der Waals surface area contributed by atoms with Gasteiger partial charge in [-0.05, 0) is 178 Å². The second-order valence-corrected chi connectivity index (χ2v) is 8.05. The predicted octanol–water partition coefficient (Wildman–Crippen LogP) is -20.7. The molecule has 0 spiro atoms. The van der Waals surface area contributed by atoms with E-state index in [1.165, 1.54) is 0 Å². The van der Waals surface area contributed by atoms with Crippen molar-refractivity contribution in [2.24, 2.45) is 0 Å². The van der Waals surface area contributed by atoms with Gasteiger partial charge in [-0.25, -0.2) is 0 Å². The molecule has 0 aliphatic heterocycles. The van der Waals surface area contributed by atoms with Crippen molar-refractivity contribution in [3.8, 4) is 0 Å². The number of phosphoric acid groups is 6. The molecule has 336 valence electrons. The van der Waals surface area contributed by atoms with Gasteiger partial charge in [0.25, 0.3) is 0 Å². The third kappa shape index (κ3) is 2200. The Kier molecular flexibility index (Phi) is 286. The van der Waals surface area contributed by atoms with Crippen molar-refractivity contribution in [3.63, 3.8) is 0 Å². The standard InChI is InChI=1S/6H3O4P.18H3P/c6*1-5(2,3)4;;;;;;;;;;;;;;;;;;/h6*(H3,1,2,3,4);18*1H3. The van der Waals surface area contributed by atoms with Crippen LogP contribution in [0.1, 0.15) is 0 Å². The highest BCUT2D eigenvalue weighted by Crippen LogP contribution is 2.05. The molecule has 0 amide bonds. The minimum absolute atomic E-state index is 0. The summed E-state index contributed by atoms with van der Waals surface area (Å²) in [6.07, 6.45) is 0. The highest BCUT2D eigenvalue weighted by atomic mass is 31.2. The van der Waals surface area contributed by atoms with Crippen molar-refractivity contribution in [2.45, 2.75) is 0 Å². The molecule has 0 rings (SSSR count). The first kappa shape index (κ1) is 165. The minimum atomic E-state index is -5.39. The zero-order valence-corrected chi connectivity index (χ0v) is 71.8. The average Bonchev–Trinajstić information content (AvgIpc) is 1.94. The maximum Gasteiger partial charge on any atom is -0.0395 e. The summed E-state index contributed by atoms with van der Waals surface area (Å²) < 4.78 is 51.3. The minimum Gasteiger partial charge on any atom is -0.822 e.